The first-order chi connectivity index (χ1) is 22.3. The molecule has 19 heteroatoms. The van der Waals surface area contributed by atoms with Crippen molar-refractivity contribution in [1.29, 1.82) is 0 Å². The number of primary amides is 1. The third kappa shape index (κ3) is 9.53. The lowest BCUT2D eigenvalue weighted by molar-refractivity contribution is -0.136. The molecule has 1 saturated heterocycles. The van der Waals surface area contributed by atoms with Gasteiger partial charge in [0.15, 0.2) is 0 Å². The van der Waals surface area contributed by atoms with Gasteiger partial charge in [0.25, 0.3) is 11.8 Å². The van der Waals surface area contributed by atoms with Crippen molar-refractivity contribution in [2.45, 2.75) is 37.1 Å². The monoisotopic (exact) mass is 735 g/mol. The molecule has 1 aliphatic heterocycles. The third-order valence-electron chi connectivity index (χ3n) is 7.05. The number of rotatable bonds is 8. The van der Waals surface area contributed by atoms with Crippen molar-refractivity contribution in [3.05, 3.63) is 57.4 Å². The molecule has 3 aromatic rings. The number of carbonyl (C=O) groups is 7. The summed E-state index contributed by atoms with van der Waals surface area (Å²) in [6, 6.07) is 2.43. The van der Waals surface area contributed by atoms with Gasteiger partial charge in [-0.2, -0.15) is 0 Å². The van der Waals surface area contributed by atoms with E-state index in [0.29, 0.717) is 5.56 Å². The largest absolute Gasteiger partial charge is 0.381 e. The van der Waals surface area contributed by atoms with Crippen LogP contribution in [0.25, 0.3) is 10.9 Å². The number of aliphatic hydroxyl groups excluding tert-OH is 1. The molecule has 0 radical (unpaired) electrons. The number of nitrogens with one attached hydrogen (secondary N) is 8. The number of benzene rings is 1. The van der Waals surface area contributed by atoms with Crippen LogP contribution in [0.4, 0.5) is 0 Å². The van der Waals surface area contributed by atoms with Gasteiger partial charge in [-0.1, -0.05) is 27.5 Å². The van der Waals surface area contributed by atoms with Crippen LogP contribution in [0.2, 0.25) is 5.15 Å². The number of halogens is 2. The van der Waals surface area contributed by atoms with Crippen molar-refractivity contribution in [3.8, 4) is 0 Å². The molecule has 11 N–H and O–H groups in total. The van der Waals surface area contributed by atoms with Gasteiger partial charge in [-0.3, -0.25) is 33.6 Å². The number of fused-ring (bicyclic) bond motifs is 1. The fraction of sp³-hybridized carbons (Fsp3) is 0.321. The predicted molar refractivity (Wildman–Crippen MR) is 169 cm³/mol. The summed E-state index contributed by atoms with van der Waals surface area (Å²) in [4.78, 5) is 95.0. The summed E-state index contributed by atoms with van der Waals surface area (Å²) in [5.41, 5.74) is 6.79. The second-order valence-electron chi connectivity index (χ2n) is 10.5. The SMILES string of the molecule is NC(=O)CC1NC(=O)C(NC(=O)CNC(=O)c2c[nH]c(Cl)c2)CNC(=O)C(Cc2c[nH]c3ccc(Br)cc23)NC(=O)C(O)CNC1=O. The predicted octanol–water partition coefficient (Wildman–Crippen LogP) is -2.18. The molecule has 0 aliphatic carbocycles. The van der Waals surface area contributed by atoms with Gasteiger partial charge in [-0.05, 0) is 29.8 Å². The quantitative estimate of drug-likeness (QED) is 0.121. The summed E-state index contributed by atoms with van der Waals surface area (Å²) < 4.78 is 0.767. The van der Waals surface area contributed by atoms with E-state index in [-0.39, 0.29) is 17.1 Å². The van der Waals surface area contributed by atoms with Gasteiger partial charge in [0.1, 0.15) is 29.4 Å². The number of aromatic nitrogens is 2. The average molecular weight is 737 g/mol. The van der Waals surface area contributed by atoms with Crippen LogP contribution in [0.3, 0.4) is 0 Å². The van der Waals surface area contributed by atoms with E-state index < -0.39 is 91.6 Å². The van der Waals surface area contributed by atoms with E-state index in [0.717, 1.165) is 15.4 Å². The van der Waals surface area contributed by atoms with Gasteiger partial charge >= 0.3 is 0 Å². The molecule has 4 unspecified atom stereocenters. The molecule has 0 bridgehead atoms. The van der Waals surface area contributed by atoms with Crippen LogP contribution in [-0.2, 0) is 35.2 Å². The zero-order valence-electron chi connectivity index (χ0n) is 24.4. The Morgan fingerprint density at radius 2 is 1.64 bits per heavy atom. The van der Waals surface area contributed by atoms with E-state index in [1.807, 2.05) is 18.2 Å². The minimum absolute atomic E-state index is 0.0494. The summed E-state index contributed by atoms with van der Waals surface area (Å²) in [6.07, 6.45) is 0.466. The number of hydrogen-bond donors (Lipinski definition) is 10. The van der Waals surface area contributed by atoms with Crippen molar-refractivity contribution in [2.24, 2.45) is 5.73 Å². The van der Waals surface area contributed by atoms with Crippen LogP contribution in [0.15, 0.2) is 41.1 Å². The highest BCUT2D eigenvalue weighted by Crippen LogP contribution is 2.24. The van der Waals surface area contributed by atoms with Gasteiger partial charge in [-0.25, -0.2) is 0 Å². The fourth-order valence-corrected chi connectivity index (χ4v) is 5.19. The summed E-state index contributed by atoms with van der Waals surface area (Å²) in [5, 5.41) is 25.7. The second-order valence-corrected chi connectivity index (χ2v) is 11.9. The van der Waals surface area contributed by atoms with Crippen LogP contribution in [0.1, 0.15) is 22.3 Å². The zero-order valence-corrected chi connectivity index (χ0v) is 26.8. The standard InChI is InChI=1S/C28H31BrClN9O8/c29-14-1-2-16-15(5-14)12(7-32-16)3-17-25(44)34-9-19(37-23(42)11-36-24(43)13-4-21(30)33-8-13)27(46)38-18(6-22(31)41)26(45)35-10-20(40)28(47)39-17/h1-2,4-5,7-8,17-20,32-33,40H,3,6,9-11H2,(H2,31,41)(H,34,44)(H,35,45)(H,36,43)(H,37,42)(H,38,46)(H,39,47). The minimum Gasteiger partial charge on any atom is -0.381 e. The van der Waals surface area contributed by atoms with Gasteiger partial charge in [0.2, 0.25) is 29.5 Å². The molecule has 2 aromatic heterocycles. The lowest BCUT2D eigenvalue weighted by atomic mass is 10.0. The Morgan fingerprint density at radius 3 is 2.34 bits per heavy atom. The highest BCUT2D eigenvalue weighted by molar-refractivity contribution is 9.10. The number of H-pyrrole nitrogens is 2. The maximum atomic E-state index is 13.5. The highest BCUT2D eigenvalue weighted by atomic mass is 79.9. The number of aliphatic hydroxyl groups is 1. The van der Waals surface area contributed by atoms with Gasteiger partial charge in [-0.15, -0.1) is 0 Å². The van der Waals surface area contributed by atoms with E-state index >= 15 is 0 Å². The maximum absolute atomic E-state index is 13.5. The Balaban J connectivity index is 1.56. The summed E-state index contributed by atoms with van der Waals surface area (Å²) in [6.45, 7) is -1.76. The van der Waals surface area contributed by atoms with E-state index in [4.69, 9.17) is 17.3 Å². The number of amides is 7. The molecular formula is C28H31BrClN9O8. The van der Waals surface area contributed by atoms with E-state index in [1.165, 1.54) is 12.3 Å². The molecule has 0 saturated carbocycles. The topological polar surface area (TPSA) is 269 Å². The van der Waals surface area contributed by atoms with Gasteiger partial charge < -0.3 is 52.7 Å². The molecule has 47 heavy (non-hydrogen) atoms. The molecule has 1 aromatic carbocycles. The van der Waals surface area contributed by atoms with Crippen molar-refractivity contribution >= 4 is 79.8 Å². The van der Waals surface area contributed by atoms with Crippen LogP contribution >= 0.6 is 27.5 Å². The smallest absolute Gasteiger partial charge is 0.253 e. The highest BCUT2D eigenvalue weighted by Gasteiger charge is 2.32. The van der Waals surface area contributed by atoms with Crippen LogP contribution in [-0.4, -0.2) is 100 Å². The first-order valence-electron chi connectivity index (χ1n) is 14.1. The average Bonchev–Trinajstić information content (AvgIpc) is 3.64. The Labute approximate surface area is 279 Å². The van der Waals surface area contributed by atoms with Gasteiger partial charge in [0.05, 0.1) is 25.1 Å². The fourth-order valence-electron chi connectivity index (χ4n) is 4.65. The Kier molecular flexibility index (Phi) is 11.6. The third-order valence-corrected chi connectivity index (χ3v) is 7.76. The number of carbonyl (C=O) groups excluding carboxylic acids is 7. The van der Waals surface area contributed by atoms with E-state index in [2.05, 4.69) is 57.8 Å². The Hall–Kier alpha value is -4.94. The molecular weight excluding hydrogens is 706 g/mol. The molecule has 7 amide bonds. The van der Waals surface area contributed by atoms with Crippen LogP contribution in [0, 0.1) is 0 Å². The van der Waals surface area contributed by atoms with Crippen molar-refractivity contribution in [3.63, 3.8) is 0 Å². The van der Waals surface area contributed by atoms with E-state index in [9.17, 15) is 38.7 Å². The molecule has 4 rings (SSSR count). The Morgan fingerprint density at radius 1 is 0.936 bits per heavy atom. The first kappa shape index (κ1) is 34.9. The number of nitrogens with two attached hydrogens (primary N) is 1. The molecule has 1 aliphatic rings. The van der Waals surface area contributed by atoms with Crippen molar-refractivity contribution < 1.29 is 38.7 Å². The van der Waals surface area contributed by atoms with E-state index in [1.54, 1.807) is 6.20 Å². The molecule has 3 heterocycles. The first-order valence-corrected chi connectivity index (χ1v) is 15.3. The molecule has 0 spiro atoms. The van der Waals surface area contributed by atoms with Crippen LogP contribution < -0.4 is 37.6 Å². The molecule has 1 fully saturated rings. The number of β-amino-alcohol motifs (C(OH)–C–C–N with tert-alkyl or cyclic N) is 1. The zero-order chi connectivity index (χ0) is 34.2. The van der Waals surface area contributed by atoms with Crippen LogP contribution in [0.5, 0.6) is 0 Å². The summed E-state index contributed by atoms with van der Waals surface area (Å²) in [5.74, 6) is -6.13. The summed E-state index contributed by atoms with van der Waals surface area (Å²) >= 11 is 9.18. The lowest BCUT2D eigenvalue weighted by Gasteiger charge is -2.26. The number of aromatic amines is 2. The normalized spacial score (nSPS) is 21.1. The van der Waals surface area contributed by atoms with Crippen molar-refractivity contribution in [1.82, 2.24) is 41.9 Å². The minimum atomic E-state index is -1.80. The number of hydrogen-bond acceptors (Lipinski definition) is 8. The van der Waals surface area contributed by atoms with Crippen molar-refractivity contribution in [2.75, 3.05) is 19.6 Å². The molecule has 250 valence electrons. The Bertz CT molecular complexity index is 1710. The molecule has 17 nitrogen and oxygen atoms in total. The lowest BCUT2D eigenvalue weighted by Crippen LogP contribution is -2.61. The van der Waals surface area contributed by atoms with Gasteiger partial charge in [0, 0.05) is 40.7 Å². The summed E-state index contributed by atoms with van der Waals surface area (Å²) in [7, 11) is 0. The second kappa shape index (κ2) is 15.6. The maximum Gasteiger partial charge on any atom is 0.253 e. The molecule has 4 atom stereocenters.